The van der Waals surface area contributed by atoms with Gasteiger partial charge >= 0.3 is 12.4 Å². The Balaban J connectivity index is 0.000000197. The van der Waals surface area contributed by atoms with E-state index in [4.69, 9.17) is 10.2 Å². The fraction of sp³-hybridized carbons (Fsp3) is 0.250. The second kappa shape index (κ2) is 16.1. The number of nitrogens with zero attached hydrogens (tertiary/aromatic N) is 6. The number of benzene rings is 3. The number of aromatic nitrogens is 6. The Kier molecular flexibility index (Phi) is 11.4. The Morgan fingerprint density at radius 3 is 1.80 bits per heavy atom. The van der Waals surface area contributed by atoms with Crippen molar-refractivity contribution in [1.82, 2.24) is 28.7 Å². The molecule has 3 aromatic carbocycles. The number of rotatable bonds is 10. The van der Waals surface area contributed by atoms with E-state index in [1.165, 1.54) is 19.1 Å². The van der Waals surface area contributed by atoms with Gasteiger partial charge in [-0.15, -0.1) is 0 Å². The molecular formula is C36H32BrF6N9O3. The van der Waals surface area contributed by atoms with Gasteiger partial charge in [0.1, 0.15) is 4.60 Å². The molecule has 7 aromatic rings. The number of aliphatic hydroxyl groups excluding tert-OH is 2. The van der Waals surface area contributed by atoms with Crippen LogP contribution in [0.5, 0.6) is 0 Å². The molecule has 0 saturated heterocycles. The molecule has 0 atom stereocenters. The van der Waals surface area contributed by atoms with Gasteiger partial charge < -0.3 is 26.2 Å². The van der Waals surface area contributed by atoms with Crippen LogP contribution in [0.3, 0.4) is 0 Å². The number of fused-ring (bicyclic) bond motifs is 6. The first-order valence-corrected chi connectivity index (χ1v) is 17.5. The quantitative estimate of drug-likeness (QED) is 0.0687. The third-order valence-corrected chi connectivity index (χ3v) is 8.75. The molecular weight excluding hydrogens is 800 g/mol. The van der Waals surface area contributed by atoms with E-state index in [0.717, 1.165) is 29.8 Å². The minimum absolute atomic E-state index is 0.00717. The highest BCUT2D eigenvalue weighted by atomic mass is 79.9. The van der Waals surface area contributed by atoms with Gasteiger partial charge in [0.2, 0.25) is 5.91 Å². The van der Waals surface area contributed by atoms with Crippen LogP contribution in [0.4, 0.5) is 43.7 Å². The highest BCUT2D eigenvalue weighted by molar-refractivity contribution is 9.10. The molecule has 19 heteroatoms. The minimum Gasteiger partial charge on any atom is -0.396 e. The van der Waals surface area contributed by atoms with Crippen molar-refractivity contribution in [2.75, 3.05) is 42.3 Å². The molecule has 0 aliphatic carbocycles. The summed E-state index contributed by atoms with van der Waals surface area (Å²) in [5, 5.41) is 26.7. The molecule has 0 bridgehead atoms. The summed E-state index contributed by atoms with van der Waals surface area (Å²) in [5.74, 6) is 0.468. The molecule has 4 aromatic heterocycles. The van der Waals surface area contributed by atoms with Crippen molar-refractivity contribution in [2.45, 2.75) is 32.1 Å². The first kappa shape index (κ1) is 39.2. The lowest BCUT2D eigenvalue weighted by Gasteiger charge is -2.13. The van der Waals surface area contributed by atoms with Gasteiger partial charge in [0.25, 0.3) is 0 Å². The Morgan fingerprint density at radius 1 is 0.745 bits per heavy atom. The summed E-state index contributed by atoms with van der Waals surface area (Å²) in [6, 6.07) is 13.9. The topological polar surface area (TPSA) is 154 Å². The van der Waals surface area contributed by atoms with Gasteiger partial charge in [0, 0.05) is 44.5 Å². The van der Waals surface area contributed by atoms with Crippen molar-refractivity contribution in [2.24, 2.45) is 0 Å². The highest BCUT2D eigenvalue weighted by Crippen LogP contribution is 2.35. The lowest BCUT2D eigenvalue weighted by molar-refractivity contribution is -0.138. The first-order chi connectivity index (χ1) is 26.2. The Labute approximate surface area is 316 Å². The number of carbonyl (C=O) groups excluding carboxylic acids is 1. The number of hydrogen-bond donors (Lipinski definition) is 5. The number of halogens is 7. The highest BCUT2D eigenvalue weighted by Gasteiger charge is 2.32. The predicted octanol–water partition coefficient (Wildman–Crippen LogP) is 7.78. The molecule has 0 aliphatic rings. The number of carbonyl (C=O) groups is 1. The summed E-state index contributed by atoms with van der Waals surface area (Å²) < 4.78 is 82.6. The van der Waals surface area contributed by atoms with Crippen LogP contribution < -0.4 is 16.0 Å². The Morgan fingerprint density at radius 2 is 1.27 bits per heavy atom. The van der Waals surface area contributed by atoms with E-state index in [1.54, 1.807) is 39.4 Å². The van der Waals surface area contributed by atoms with Crippen LogP contribution in [0.1, 0.15) is 30.9 Å². The van der Waals surface area contributed by atoms with E-state index >= 15 is 0 Å². The summed E-state index contributed by atoms with van der Waals surface area (Å²) in [6.07, 6.45) is -4.82. The Bertz CT molecular complexity index is 2500. The second-order valence-corrected chi connectivity index (χ2v) is 12.9. The standard InChI is InChI=1S/C22H20F3N5O2.C14H12BrF3N4O/c1-13(32)28-16-5-2-4-14(10-16)19-12-27-21-20(26-8-3-9-31)29-17-11-15(22(23,24)25)6-7-18(17)30(19)21;15-11-7-20-13-12(19-4-1-5-23)21-9-6-8(14(16,17)18)2-3-10(9)22(11)13/h2,4-7,10-12,31H,3,8-9H2,1H3,(H,26,29)(H,28,32);2-3,6-7,23H,1,4-5H2,(H,19,21). The monoisotopic (exact) mass is 831 g/mol. The lowest BCUT2D eigenvalue weighted by atomic mass is 10.1. The van der Waals surface area contributed by atoms with E-state index < -0.39 is 23.5 Å². The average molecular weight is 833 g/mol. The molecule has 0 unspecified atom stereocenters. The zero-order valence-corrected chi connectivity index (χ0v) is 30.4. The Hall–Kier alpha value is -5.53. The van der Waals surface area contributed by atoms with Crippen LogP contribution in [0.25, 0.3) is 44.6 Å². The molecule has 12 nitrogen and oxygen atoms in total. The largest absolute Gasteiger partial charge is 0.416 e. The maximum atomic E-state index is 13.3. The number of imidazole rings is 2. The number of nitrogens with one attached hydrogen (secondary N) is 3. The van der Waals surface area contributed by atoms with E-state index in [0.29, 0.717) is 75.9 Å². The smallest absolute Gasteiger partial charge is 0.396 e. The molecule has 1 amide bonds. The number of amides is 1. The summed E-state index contributed by atoms with van der Waals surface area (Å²) in [6.45, 7) is 2.19. The van der Waals surface area contributed by atoms with Gasteiger partial charge in [-0.1, -0.05) is 12.1 Å². The number of anilines is 3. The zero-order chi connectivity index (χ0) is 39.5. The number of aliphatic hydroxyl groups is 2. The van der Waals surface area contributed by atoms with E-state index in [1.807, 2.05) is 6.07 Å². The minimum atomic E-state index is -4.50. The van der Waals surface area contributed by atoms with Gasteiger partial charge in [-0.2, -0.15) is 26.3 Å². The zero-order valence-electron chi connectivity index (χ0n) is 28.8. The molecule has 0 saturated carbocycles. The number of alkyl halides is 6. The van der Waals surface area contributed by atoms with Crippen LogP contribution in [-0.4, -0.2) is 71.2 Å². The van der Waals surface area contributed by atoms with Gasteiger partial charge in [-0.25, -0.2) is 19.9 Å². The first-order valence-electron chi connectivity index (χ1n) is 16.7. The molecule has 4 heterocycles. The maximum Gasteiger partial charge on any atom is 0.416 e. The van der Waals surface area contributed by atoms with Crippen molar-refractivity contribution < 1.29 is 41.4 Å². The van der Waals surface area contributed by atoms with Crippen molar-refractivity contribution in [3.8, 4) is 11.3 Å². The fourth-order valence-corrected chi connectivity index (χ4v) is 6.22. The van der Waals surface area contributed by atoms with E-state index in [9.17, 15) is 31.1 Å². The molecule has 0 aliphatic heterocycles. The summed E-state index contributed by atoms with van der Waals surface area (Å²) in [5.41, 5.74) is 2.65. The van der Waals surface area contributed by atoms with Crippen LogP contribution in [0.2, 0.25) is 0 Å². The third kappa shape index (κ3) is 8.58. The van der Waals surface area contributed by atoms with Crippen LogP contribution >= 0.6 is 15.9 Å². The SMILES string of the molecule is CC(=O)Nc1cccc(-c2cnc3c(NCCCO)nc4cc(C(F)(F)F)ccc4n23)c1.OCCCNc1nc2cc(C(F)(F)F)ccc2n2c(Br)cnc12. The second-order valence-electron chi connectivity index (χ2n) is 12.1. The van der Waals surface area contributed by atoms with Gasteiger partial charge in [-0.05, 0) is 77.3 Å². The van der Waals surface area contributed by atoms with E-state index in [2.05, 4.69) is 51.8 Å². The molecule has 0 fully saturated rings. The lowest BCUT2D eigenvalue weighted by Crippen LogP contribution is -2.09. The van der Waals surface area contributed by atoms with Gasteiger partial charge in [0.05, 0.1) is 51.3 Å². The maximum absolute atomic E-state index is 13.3. The van der Waals surface area contributed by atoms with Crippen LogP contribution in [-0.2, 0) is 17.1 Å². The molecule has 288 valence electrons. The fourth-order valence-electron chi connectivity index (χ4n) is 5.76. The molecule has 0 radical (unpaired) electrons. The van der Waals surface area contributed by atoms with Crippen LogP contribution in [0, 0.1) is 0 Å². The molecule has 0 spiro atoms. The molecule has 55 heavy (non-hydrogen) atoms. The molecule has 5 N–H and O–H groups in total. The van der Waals surface area contributed by atoms with E-state index in [-0.39, 0.29) is 30.2 Å². The molecule has 7 rings (SSSR count). The van der Waals surface area contributed by atoms with Crippen molar-refractivity contribution in [1.29, 1.82) is 0 Å². The summed E-state index contributed by atoms with van der Waals surface area (Å²) in [4.78, 5) is 28.7. The number of hydrogen-bond acceptors (Lipinski definition) is 9. The van der Waals surface area contributed by atoms with Crippen LogP contribution in [0.15, 0.2) is 77.7 Å². The predicted molar refractivity (Wildman–Crippen MR) is 199 cm³/mol. The normalized spacial score (nSPS) is 12.0. The van der Waals surface area contributed by atoms with Crippen molar-refractivity contribution >= 4 is 72.5 Å². The summed E-state index contributed by atoms with van der Waals surface area (Å²) in [7, 11) is 0. The average Bonchev–Trinajstić information content (AvgIpc) is 3.76. The summed E-state index contributed by atoms with van der Waals surface area (Å²) >= 11 is 3.34. The van der Waals surface area contributed by atoms with Gasteiger partial charge in [-0.3, -0.25) is 13.6 Å². The van der Waals surface area contributed by atoms with Crippen molar-refractivity contribution in [3.05, 3.63) is 88.8 Å². The van der Waals surface area contributed by atoms with Crippen molar-refractivity contribution in [3.63, 3.8) is 0 Å². The third-order valence-electron chi connectivity index (χ3n) is 8.19. The van der Waals surface area contributed by atoms with Gasteiger partial charge in [0.15, 0.2) is 22.9 Å².